The minimum Gasteiger partial charge on any atom is -0.374 e. The Morgan fingerprint density at radius 2 is 1.82 bits per heavy atom. The van der Waals surface area contributed by atoms with Crippen molar-refractivity contribution in [2.24, 2.45) is 11.1 Å². The van der Waals surface area contributed by atoms with E-state index in [9.17, 15) is 0 Å². The molecule has 1 fully saturated rings. The standard InChI is InChI=1S/C15H29NO/c1-6-17-15(13(16)11-12(2)3)9-7-14(4,5)8-10-15/h13H,2,6-11,16H2,1,3-5H3. The molecule has 2 nitrogen and oxygen atoms in total. The maximum absolute atomic E-state index is 6.37. The maximum atomic E-state index is 6.37. The maximum Gasteiger partial charge on any atom is 0.0836 e. The lowest BCUT2D eigenvalue weighted by molar-refractivity contribution is -0.0986. The van der Waals surface area contributed by atoms with E-state index in [0.29, 0.717) is 5.41 Å². The van der Waals surface area contributed by atoms with Crippen molar-refractivity contribution in [3.63, 3.8) is 0 Å². The fourth-order valence-electron chi connectivity index (χ4n) is 2.82. The molecule has 2 heteroatoms. The average Bonchev–Trinajstić information content (AvgIpc) is 2.21. The van der Waals surface area contributed by atoms with E-state index < -0.39 is 0 Å². The van der Waals surface area contributed by atoms with Gasteiger partial charge in [0.1, 0.15) is 0 Å². The van der Waals surface area contributed by atoms with Crippen LogP contribution in [0, 0.1) is 5.41 Å². The molecule has 0 aromatic rings. The van der Waals surface area contributed by atoms with Crippen LogP contribution in [0.5, 0.6) is 0 Å². The molecule has 0 aromatic heterocycles. The van der Waals surface area contributed by atoms with Gasteiger partial charge in [-0.05, 0) is 51.4 Å². The first-order chi connectivity index (χ1) is 7.81. The van der Waals surface area contributed by atoms with E-state index in [2.05, 4.69) is 27.4 Å². The summed E-state index contributed by atoms with van der Waals surface area (Å²) >= 11 is 0. The van der Waals surface area contributed by atoms with Crippen LogP contribution in [0.3, 0.4) is 0 Å². The second-order valence-corrected chi connectivity index (χ2v) is 6.43. The summed E-state index contributed by atoms with van der Waals surface area (Å²) in [4.78, 5) is 0. The van der Waals surface area contributed by atoms with Crippen molar-refractivity contribution in [3.05, 3.63) is 12.2 Å². The molecule has 1 aliphatic carbocycles. The highest BCUT2D eigenvalue weighted by atomic mass is 16.5. The molecule has 1 rings (SSSR count). The zero-order chi connectivity index (χ0) is 13.1. The van der Waals surface area contributed by atoms with E-state index in [1.165, 1.54) is 12.8 Å². The third kappa shape index (κ3) is 3.82. The molecule has 0 spiro atoms. The lowest BCUT2D eigenvalue weighted by Gasteiger charge is -2.46. The normalized spacial score (nSPS) is 24.3. The Morgan fingerprint density at radius 3 is 2.24 bits per heavy atom. The van der Waals surface area contributed by atoms with Gasteiger partial charge in [-0.2, -0.15) is 0 Å². The first kappa shape index (κ1) is 14.7. The molecule has 1 atom stereocenters. The van der Waals surface area contributed by atoms with E-state index in [-0.39, 0.29) is 11.6 Å². The minimum atomic E-state index is -0.108. The van der Waals surface area contributed by atoms with E-state index in [0.717, 1.165) is 31.4 Å². The number of hydrogen-bond acceptors (Lipinski definition) is 2. The Hall–Kier alpha value is -0.340. The zero-order valence-corrected chi connectivity index (χ0v) is 12.0. The fourth-order valence-corrected chi connectivity index (χ4v) is 2.82. The molecular formula is C15H29NO. The van der Waals surface area contributed by atoms with Gasteiger partial charge in [0.25, 0.3) is 0 Å². The second kappa shape index (κ2) is 5.53. The van der Waals surface area contributed by atoms with E-state index >= 15 is 0 Å². The average molecular weight is 239 g/mol. The Kier molecular flexibility index (Phi) is 4.79. The van der Waals surface area contributed by atoms with Crippen molar-refractivity contribution in [1.82, 2.24) is 0 Å². The van der Waals surface area contributed by atoms with Crippen molar-refractivity contribution < 1.29 is 4.74 Å². The van der Waals surface area contributed by atoms with Gasteiger partial charge in [-0.25, -0.2) is 0 Å². The molecule has 0 heterocycles. The highest BCUT2D eigenvalue weighted by molar-refractivity contribution is 5.03. The van der Waals surface area contributed by atoms with Crippen LogP contribution in [0.4, 0.5) is 0 Å². The van der Waals surface area contributed by atoms with E-state index in [1.54, 1.807) is 0 Å². The molecule has 100 valence electrons. The molecule has 0 amide bonds. The Bertz CT molecular complexity index is 260. The van der Waals surface area contributed by atoms with Gasteiger partial charge in [-0.15, -0.1) is 6.58 Å². The van der Waals surface area contributed by atoms with Gasteiger partial charge in [0.05, 0.1) is 5.60 Å². The Labute approximate surface area is 107 Å². The highest BCUT2D eigenvalue weighted by Gasteiger charge is 2.43. The summed E-state index contributed by atoms with van der Waals surface area (Å²) in [6.45, 7) is 13.5. The monoisotopic (exact) mass is 239 g/mol. The van der Waals surface area contributed by atoms with Gasteiger partial charge in [-0.3, -0.25) is 0 Å². The predicted octanol–water partition coefficient (Wildman–Crippen LogP) is 3.66. The first-order valence-electron chi connectivity index (χ1n) is 6.85. The van der Waals surface area contributed by atoms with Gasteiger partial charge in [-0.1, -0.05) is 19.4 Å². The molecule has 1 unspecified atom stereocenters. The van der Waals surface area contributed by atoms with E-state index in [1.807, 2.05) is 6.92 Å². The summed E-state index contributed by atoms with van der Waals surface area (Å²) in [5.74, 6) is 0. The summed E-state index contributed by atoms with van der Waals surface area (Å²) in [5.41, 5.74) is 7.87. The second-order valence-electron chi connectivity index (χ2n) is 6.43. The zero-order valence-electron chi connectivity index (χ0n) is 12.0. The molecule has 2 N–H and O–H groups in total. The van der Waals surface area contributed by atoms with Gasteiger partial charge in [0.2, 0.25) is 0 Å². The highest BCUT2D eigenvalue weighted by Crippen LogP contribution is 2.44. The molecular weight excluding hydrogens is 210 g/mol. The van der Waals surface area contributed by atoms with Crippen molar-refractivity contribution in [1.29, 1.82) is 0 Å². The molecule has 0 aliphatic heterocycles. The van der Waals surface area contributed by atoms with Crippen molar-refractivity contribution in [3.8, 4) is 0 Å². The van der Waals surface area contributed by atoms with Crippen LogP contribution in [-0.2, 0) is 4.74 Å². The third-order valence-electron chi connectivity index (χ3n) is 4.13. The van der Waals surface area contributed by atoms with E-state index in [4.69, 9.17) is 10.5 Å². The van der Waals surface area contributed by atoms with Crippen LogP contribution >= 0.6 is 0 Å². The summed E-state index contributed by atoms with van der Waals surface area (Å²) in [7, 11) is 0. The third-order valence-corrected chi connectivity index (χ3v) is 4.13. The molecule has 0 aromatic carbocycles. The molecule has 1 aliphatic rings. The molecule has 0 radical (unpaired) electrons. The van der Waals surface area contributed by atoms with Gasteiger partial charge >= 0.3 is 0 Å². The number of rotatable bonds is 5. The number of ether oxygens (including phenoxy) is 1. The van der Waals surface area contributed by atoms with Crippen LogP contribution in [-0.4, -0.2) is 18.2 Å². The predicted molar refractivity (Wildman–Crippen MR) is 74.0 cm³/mol. The van der Waals surface area contributed by atoms with Crippen molar-refractivity contribution in [2.45, 2.75) is 71.4 Å². The number of hydrogen-bond donors (Lipinski definition) is 1. The van der Waals surface area contributed by atoms with Crippen LogP contribution in [0.2, 0.25) is 0 Å². The minimum absolute atomic E-state index is 0.0936. The van der Waals surface area contributed by atoms with Crippen LogP contribution in [0.15, 0.2) is 12.2 Å². The molecule has 0 saturated heterocycles. The lowest BCUT2D eigenvalue weighted by Crippen LogP contribution is -2.53. The lowest BCUT2D eigenvalue weighted by atomic mass is 9.68. The van der Waals surface area contributed by atoms with Gasteiger partial charge < -0.3 is 10.5 Å². The largest absolute Gasteiger partial charge is 0.374 e. The summed E-state index contributed by atoms with van der Waals surface area (Å²) in [5, 5.41) is 0. The smallest absolute Gasteiger partial charge is 0.0836 e. The van der Waals surface area contributed by atoms with Crippen LogP contribution < -0.4 is 5.73 Å². The number of nitrogens with two attached hydrogens (primary N) is 1. The molecule has 17 heavy (non-hydrogen) atoms. The van der Waals surface area contributed by atoms with Crippen LogP contribution in [0.25, 0.3) is 0 Å². The fraction of sp³-hybridized carbons (Fsp3) is 0.867. The van der Waals surface area contributed by atoms with Gasteiger partial charge in [0.15, 0.2) is 0 Å². The Balaban J connectivity index is 2.73. The van der Waals surface area contributed by atoms with Gasteiger partial charge in [0, 0.05) is 12.6 Å². The molecule has 1 saturated carbocycles. The first-order valence-corrected chi connectivity index (χ1v) is 6.85. The summed E-state index contributed by atoms with van der Waals surface area (Å²) in [6.07, 6.45) is 5.46. The van der Waals surface area contributed by atoms with Crippen LogP contribution in [0.1, 0.15) is 59.8 Å². The van der Waals surface area contributed by atoms with Crippen molar-refractivity contribution in [2.75, 3.05) is 6.61 Å². The van der Waals surface area contributed by atoms with Crippen molar-refractivity contribution >= 4 is 0 Å². The molecule has 0 bridgehead atoms. The SMILES string of the molecule is C=C(C)CC(N)C1(OCC)CCC(C)(C)CC1. The Morgan fingerprint density at radius 1 is 1.29 bits per heavy atom. The summed E-state index contributed by atoms with van der Waals surface area (Å²) in [6, 6.07) is 0.0936. The quantitative estimate of drug-likeness (QED) is 0.743. The topological polar surface area (TPSA) is 35.2 Å². The summed E-state index contributed by atoms with van der Waals surface area (Å²) < 4.78 is 6.06.